The van der Waals surface area contributed by atoms with Crippen molar-refractivity contribution in [3.05, 3.63) is 35.9 Å². The van der Waals surface area contributed by atoms with Crippen molar-refractivity contribution in [2.45, 2.75) is 13.3 Å². The minimum Gasteiger partial charge on any atom is -0.379 e. The van der Waals surface area contributed by atoms with E-state index in [-0.39, 0.29) is 0 Å². The Bertz CT molecular complexity index is 486. The van der Waals surface area contributed by atoms with Gasteiger partial charge in [-0.15, -0.1) is 0 Å². The molecule has 5 nitrogen and oxygen atoms in total. The van der Waals surface area contributed by atoms with Gasteiger partial charge in [-0.2, -0.15) is 5.10 Å². The van der Waals surface area contributed by atoms with E-state index in [0.29, 0.717) is 5.11 Å². The fourth-order valence-corrected chi connectivity index (χ4v) is 2.40. The summed E-state index contributed by atoms with van der Waals surface area (Å²) in [5, 5.41) is 8.05. The fourth-order valence-electron chi connectivity index (χ4n) is 2.25. The zero-order valence-corrected chi connectivity index (χ0v) is 13.9. The van der Waals surface area contributed by atoms with E-state index in [2.05, 4.69) is 20.7 Å². The topological polar surface area (TPSA) is 48.9 Å². The summed E-state index contributed by atoms with van der Waals surface area (Å²) < 4.78 is 5.33. The third-order valence-electron chi connectivity index (χ3n) is 3.56. The molecule has 0 unspecified atom stereocenters. The minimum atomic E-state index is 0.567. The van der Waals surface area contributed by atoms with E-state index in [1.807, 2.05) is 37.3 Å². The second kappa shape index (κ2) is 9.50. The molecule has 0 aliphatic carbocycles. The summed E-state index contributed by atoms with van der Waals surface area (Å²) in [6, 6.07) is 10.0. The number of ether oxygens (including phenoxy) is 1. The lowest BCUT2D eigenvalue weighted by molar-refractivity contribution is 0.0376. The maximum atomic E-state index is 5.33. The maximum absolute atomic E-state index is 5.33. The minimum absolute atomic E-state index is 0.567. The Labute approximate surface area is 137 Å². The number of nitrogens with zero attached hydrogens (tertiary/aromatic N) is 2. The molecule has 2 N–H and O–H groups in total. The Kier molecular flexibility index (Phi) is 7.28. The molecule has 0 saturated carbocycles. The van der Waals surface area contributed by atoms with Gasteiger partial charge >= 0.3 is 0 Å². The first kappa shape index (κ1) is 16.9. The van der Waals surface area contributed by atoms with Crippen LogP contribution in [0.3, 0.4) is 0 Å². The number of thiocarbonyl (C=S) groups is 1. The molecule has 1 fully saturated rings. The molecule has 22 heavy (non-hydrogen) atoms. The van der Waals surface area contributed by atoms with E-state index < -0.39 is 0 Å². The average Bonchev–Trinajstić information content (AvgIpc) is 2.58. The third-order valence-corrected chi connectivity index (χ3v) is 3.79. The monoisotopic (exact) mass is 320 g/mol. The molecular formula is C16H24N4OS. The SMILES string of the molecule is C/C(=N/NC(=S)NCCCN1CCOCC1)c1ccccc1. The summed E-state index contributed by atoms with van der Waals surface area (Å²) in [5.41, 5.74) is 4.90. The number of rotatable bonds is 6. The first-order chi connectivity index (χ1) is 10.8. The Morgan fingerprint density at radius 2 is 2.00 bits per heavy atom. The highest BCUT2D eigenvalue weighted by atomic mass is 32.1. The van der Waals surface area contributed by atoms with Gasteiger partial charge in [-0.1, -0.05) is 30.3 Å². The number of nitrogens with one attached hydrogen (secondary N) is 2. The van der Waals surface area contributed by atoms with Crippen LogP contribution >= 0.6 is 12.2 Å². The Morgan fingerprint density at radius 1 is 1.27 bits per heavy atom. The molecule has 1 aliphatic rings. The van der Waals surface area contributed by atoms with Gasteiger partial charge in [0.2, 0.25) is 0 Å². The molecule has 0 aromatic heterocycles. The lowest BCUT2D eigenvalue weighted by Crippen LogP contribution is -2.39. The van der Waals surface area contributed by atoms with Crippen LogP contribution in [0.25, 0.3) is 0 Å². The van der Waals surface area contributed by atoms with Crippen molar-refractivity contribution >= 4 is 23.0 Å². The van der Waals surface area contributed by atoms with E-state index in [1.165, 1.54) is 0 Å². The first-order valence-electron chi connectivity index (χ1n) is 7.69. The van der Waals surface area contributed by atoms with Crippen molar-refractivity contribution in [3.8, 4) is 0 Å². The van der Waals surface area contributed by atoms with Crippen LogP contribution in [0.5, 0.6) is 0 Å². The van der Waals surface area contributed by atoms with Crippen LogP contribution in [0.2, 0.25) is 0 Å². The quantitative estimate of drug-likeness (QED) is 0.361. The smallest absolute Gasteiger partial charge is 0.186 e. The lowest BCUT2D eigenvalue weighted by atomic mass is 10.1. The number of morpholine rings is 1. The lowest BCUT2D eigenvalue weighted by Gasteiger charge is -2.26. The molecule has 1 saturated heterocycles. The predicted octanol–water partition coefficient (Wildman–Crippen LogP) is 1.60. The summed E-state index contributed by atoms with van der Waals surface area (Å²) in [6.07, 6.45) is 1.06. The van der Waals surface area contributed by atoms with Crippen molar-refractivity contribution in [3.63, 3.8) is 0 Å². The molecule has 1 heterocycles. The van der Waals surface area contributed by atoms with Gasteiger partial charge in [0.15, 0.2) is 5.11 Å². The Balaban J connectivity index is 1.61. The van der Waals surface area contributed by atoms with Gasteiger partial charge in [0.25, 0.3) is 0 Å². The first-order valence-corrected chi connectivity index (χ1v) is 8.10. The molecule has 2 rings (SSSR count). The van der Waals surface area contributed by atoms with Gasteiger partial charge in [0, 0.05) is 19.6 Å². The van der Waals surface area contributed by atoms with E-state index in [1.54, 1.807) is 0 Å². The standard InChI is InChI=1S/C16H24N4OS/c1-14(15-6-3-2-4-7-15)18-19-16(22)17-8-5-9-20-10-12-21-13-11-20/h2-4,6-7H,5,8-13H2,1H3,(H2,17,19,22)/b18-14-. The predicted molar refractivity (Wildman–Crippen MR) is 94.3 cm³/mol. The summed E-state index contributed by atoms with van der Waals surface area (Å²) >= 11 is 5.23. The molecule has 0 atom stereocenters. The molecular weight excluding hydrogens is 296 g/mol. The van der Waals surface area contributed by atoms with Crippen molar-refractivity contribution in [2.75, 3.05) is 39.4 Å². The van der Waals surface area contributed by atoms with Gasteiger partial charge < -0.3 is 10.1 Å². The highest BCUT2D eigenvalue weighted by Crippen LogP contribution is 2.00. The second-order valence-electron chi connectivity index (χ2n) is 5.24. The fraction of sp³-hybridized carbons (Fsp3) is 0.500. The van der Waals surface area contributed by atoms with E-state index in [9.17, 15) is 0 Å². The van der Waals surface area contributed by atoms with E-state index >= 15 is 0 Å². The third kappa shape index (κ3) is 6.09. The normalized spacial score (nSPS) is 16.3. The van der Waals surface area contributed by atoms with Crippen LogP contribution in [0.15, 0.2) is 35.4 Å². The van der Waals surface area contributed by atoms with Gasteiger partial charge in [-0.05, 0) is 37.7 Å². The highest BCUT2D eigenvalue weighted by molar-refractivity contribution is 7.80. The van der Waals surface area contributed by atoms with Gasteiger partial charge in [0.1, 0.15) is 0 Å². The van der Waals surface area contributed by atoms with Gasteiger partial charge in [0.05, 0.1) is 18.9 Å². The zero-order valence-electron chi connectivity index (χ0n) is 13.0. The van der Waals surface area contributed by atoms with Crippen molar-refractivity contribution < 1.29 is 4.74 Å². The largest absolute Gasteiger partial charge is 0.379 e. The van der Waals surface area contributed by atoms with E-state index in [0.717, 1.165) is 57.1 Å². The van der Waals surface area contributed by atoms with Gasteiger partial charge in [-0.25, -0.2) is 0 Å². The molecule has 1 aromatic rings. The van der Waals surface area contributed by atoms with Gasteiger partial charge in [-0.3, -0.25) is 10.3 Å². The molecule has 120 valence electrons. The molecule has 0 amide bonds. The maximum Gasteiger partial charge on any atom is 0.186 e. The molecule has 1 aromatic carbocycles. The molecule has 0 bridgehead atoms. The van der Waals surface area contributed by atoms with Crippen LogP contribution < -0.4 is 10.7 Å². The van der Waals surface area contributed by atoms with Crippen molar-refractivity contribution in [1.82, 2.24) is 15.6 Å². The Hall–Kier alpha value is -1.50. The molecule has 0 spiro atoms. The summed E-state index contributed by atoms with van der Waals surface area (Å²) in [6.45, 7) is 7.64. The number of hydrogen-bond donors (Lipinski definition) is 2. The van der Waals surface area contributed by atoms with Crippen LogP contribution in [0, 0.1) is 0 Å². The average molecular weight is 320 g/mol. The molecule has 1 aliphatic heterocycles. The summed E-state index contributed by atoms with van der Waals surface area (Å²) in [5.74, 6) is 0. The van der Waals surface area contributed by atoms with Crippen LogP contribution in [0.4, 0.5) is 0 Å². The number of benzene rings is 1. The number of hydrazone groups is 1. The van der Waals surface area contributed by atoms with Crippen molar-refractivity contribution in [1.29, 1.82) is 0 Å². The second-order valence-corrected chi connectivity index (χ2v) is 5.65. The Morgan fingerprint density at radius 3 is 2.73 bits per heavy atom. The zero-order chi connectivity index (χ0) is 15.6. The van der Waals surface area contributed by atoms with E-state index in [4.69, 9.17) is 17.0 Å². The van der Waals surface area contributed by atoms with Crippen LogP contribution in [-0.2, 0) is 4.74 Å². The van der Waals surface area contributed by atoms with Crippen molar-refractivity contribution in [2.24, 2.45) is 5.10 Å². The molecule has 0 radical (unpaired) electrons. The highest BCUT2D eigenvalue weighted by Gasteiger charge is 2.09. The molecule has 6 heteroatoms. The summed E-state index contributed by atoms with van der Waals surface area (Å²) in [7, 11) is 0. The van der Waals surface area contributed by atoms with Crippen LogP contribution in [0.1, 0.15) is 18.9 Å². The van der Waals surface area contributed by atoms with Crippen LogP contribution in [-0.4, -0.2) is 55.1 Å². The summed E-state index contributed by atoms with van der Waals surface area (Å²) in [4.78, 5) is 2.42. The number of hydrogen-bond acceptors (Lipinski definition) is 4.